The van der Waals surface area contributed by atoms with Crippen molar-refractivity contribution in [1.82, 2.24) is 14.2 Å². The Hall–Kier alpha value is -2.30. The Morgan fingerprint density at radius 3 is 2.45 bits per heavy atom. The molecule has 0 bridgehead atoms. The molecule has 10 heteroatoms. The maximum absolute atomic E-state index is 12.6. The summed E-state index contributed by atoms with van der Waals surface area (Å²) in [4.78, 5) is 29.8. The second-order valence-electron chi connectivity index (χ2n) is 6.72. The molecule has 0 radical (unpaired) electrons. The van der Waals surface area contributed by atoms with Crippen molar-refractivity contribution >= 4 is 33.2 Å². The number of amides is 1. The third kappa shape index (κ3) is 6.09. The van der Waals surface area contributed by atoms with E-state index in [4.69, 9.17) is 4.74 Å². The predicted molar refractivity (Wildman–Crippen MR) is 109 cm³/mol. The Morgan fingerprint density at radius 1 is 1.14 bits per heavy atom. The number of nitrogens with zero attached hydrogens (tertiary/aromatic N) is 3. The van der Waals surface area contributed by atoms with Crippen molar-refractivity contribution in [3.05, 3.63) is 52.0 Å². The van der Waals surface area contributed by atoms with E-state index in [1.807, 2.05) is 13.0 Å². The fourth-order valence-corrected chi connectivity index (χ4v) is 5.14. The van der Waals surface area contributed by atoms with Crippen LogP contribution in [0, 0.1) is 6.92 Å². The summed E-state index contributed by atoms with van der Waals surface area (Å²) in [6, 6.07) is 9.00. The van der Waals surface area contributed by atoms with Gasteiger partial charge in [0.1, 0.15) is 0 Å². The Balaban J connectivity index is 1.43. The number of carbonyl (C=O) groups is 2. The van der Waals surface area contributed by atoms with Crippen LogP contribution in [0.3, 0.4) is 0 Å². The smallest absolute Gasteiger partial charge is 0.312 e. The molecule has 8 nitrogen and oxygen atoms in total. The molecule has 0 aliphatic carbocycles. The van der Waals surface area contributed by atoms with E-state index >= 15 is 0 Å². The summed E-state index contributed by atoms with van der Waals surface area (Å²) in [5, 5.41) is 2.65. The van der Waals surface area contributed by atoms with Crippen molar-refractivity contribution in [3.8, 4) is 0 Å². The first-order valence-electron chi connectivity index (χ1n) is 9.19. The molecule has 29 heavy (non-hydrogen) atoms. The number of esters is 1. The zero-order valence-electron chi connectivity index (χ0n) is 16.1. The number of rotatable bonds is 7. The number of carbonyl (C=O) groups excluding carboxylic acids is 2. The number of aryl methyl sites for hydroxylation is 1. The molecule has 0 unspecified atom stereocenters. The molecule has 0 atom stereocenters. The van der Waals surface area contributed by atoms with Crippen molar-refractivity contribution in [2.75, 3.05) is 32.8 Å². The van der Waals surface area contributed by atoms with E-state index in [-0.39, 0.29) is 50.9 Å². The van der Waals surface area contributed by atoms with Gasteiger partial charge in [-0.2, -0.15) is 4.31 Å². The van der Waals surface area contributed by atoms with Gasteiger partial charge < -0.3 is 9.64 Å². The Bertz CT molecular complexity index is 951. The van der Waals surface area contributed by atoms with Crippen LogP contribution >= 0.6 is 11.3 Å². The lowest BCUT2D eigenvalue weighted by atomic mass is 10.2. The molecule has 1 aromatic heterocycles. The summed E-state index contributed by atoms with van der Waals surface area (Å²) in [6.45, 7) is 2.51. The van der Waals surface area contributed by atoms with Gasteiger partial charge in [-0.05, 0) is 12.5 Å². The SMILES string of the molecule is Cc1nc(CC(=O)OCC(=O)N2CCN(S(=O)(=O)Cc3ccccc3)CC2)cs1. The standard InChI is InChI=1S/C19H23N3O5S2/c1-15-20-17(13-28-15)11-19(24)27-12-18(23)21-7-9-22(10-8-21)29(25,26)14-16-5-3-2-4-6-16/h2-6,13H,7-12,14H2,1H3. The third-order valence-corrected chi connectivity index (χ3v) is 7.20. The third-order valence-electron chi connectivity index (χ3n) is 4.53. The predicted octanol–water partition coefficient (Wildman–Crippen LogP) is 1.21. The molecule has 0 N–H and O–H groups in total. The van der Waals surface area contributed by atoms with Gasteiger partial charge in [-0.1, -0.05) is 30.3 Å². The molecule has 1 aliphatic heterocycles. The van der Waals surface area contributed by atoms with Gasteiger partial charge >= 0.3 is 5.97 Å². The van der Waals surface area contributed by atoms with Gasteiger partial charge in [-0.25, -0.2) is 13.4 Å². The molecule has 156 valence electrons. The first-order chi connectivity index (χ1) is 13.8. The normalized spacial score (nSPS) is 15.3. The summed E-state index contributed by atoms with van der Waals surface area (Å²) in [5.41, 5.74) is 1.36. The average Bonchev–Trinajstić information content (AvgIpc) is 3.11. The van der Waals surface area contributed by atoms with Crippen LogP contribution in [0.15, 0.2) is 35.7 Å². The topological polar surface area (TPSA) is 96.9 Å². The quantitative estimate of drug-likeness (QED) is 0.604. The van der Waals surface area contributed by atoms with Crippen LogP contribution in [0.2, 0.25) is 0 Å². The van der Waals surface area contributed by atoms with Gasteiger partial charge in [0.05, 0.1) is 22.9 Å². The molecule has 1 amide bonds. The molecule has 0 spiro atoms. The summed E-state index contributed by atoms with van der Waals surface area (Å²) < 4.78 is 31.6. The zero-order chi connectivity index (χ0) is 20.9. The van der Waals surface area contributed by atoms with Crippen molar-refractivity contribution in [1.29, 1.82) is 0 Å². The lowest BCUT2D eigenvalue weighted by molar-refractivity contribution is -0.152. The number of sulfonamides is 1. The zero-order valence-corrected chi connectivity index (χ0v) is 17.7. The molecule has 3 rings (SSSR count). The van der Waals surface area contributed by atoms with E-state index in [0.29, 0.717) is 5.69 Å². The molecule has 2 heterocycles. The fraction of sp³-hybridized carbons (Fsp3) is 0.421. The van der Waals surface area contributed by atoms with Crippen LogP contribution < -0.4 is 0 Å². The van der Waals surface area contributed by atoms with E-state index in [0.717, 1.165) is 10.6 Å². The summed E-state index contributed by atoms with van der Waals surface area (Å²) in [6.07, 6.45) is 0.0309. The Morgan fingerprint density at radius 2 is 1.83 bits per heavy atom. The lowest BCUT2D eigenvalue weighted by Gasteiger charge is -2.33. The van der Waals surface area contributed by atoms with E-state index in [1.54, 1.807) is 29.6 Å². The highest BCUT2D eigenvalue weighted by Gasteiger charge is 2.29. The van der Waals surface area contributed by atoms with Crippen molar-refractivity contribution in [3.63, 3.8) is 0 Å². The van der Waals surface area contributed by atoms with E-state index < -0.39 is 16.0 Å². The van der Waals surface area contributed by atoms with Crippen LogP contribution in [0.25, 0.3) is 0 Å². The van der Waals surface area contributed by atoms with Gasteiger partial charge in [0.25, 0.3) is 5.91 Å². The molecule has 2 aromatic rings. The van der Waals surface area contributed by atoms with E-state index in [9.17, 15) is 18.0 Å². The van der Waals surface area contributed by atoms with Crippen molar-refractivity contribution in [2.24, 2.45) is 0 Å². The minimum atomic E-state index is -3.44. The van der Waals surface area contributed by atoms with Crippen LogP contribution in [0.4, 0.5) is 0 Å². The number of thiazole rings is 1. The van der Waals surface area contributed by atoms with Gasteiger partial charge in [-0.15, -0.1) is 11.3 Å². The van der Waals surface area contributed by atoms with Crippen LogP contribution in [-0.2, 0) is 36.5 Å². The van der Waals surface area contributed by atoms with E-state index in [2.05, 4.69) is 4.98 Å². The Kier molecular flexibility index (Phi) is 6.99. The number of hydrogen-bond donors (Lipinski definition) is 0. The molecule has 1 aromatic carbocycles. The lowest BCUT2D eigenvalue weighted by Crippen LogP contribution is -2.51. The average molecular weight is 438 g/mol. The first-order valence-corrected chi connectivity index (χ1v) is 11.7. The second-order valence-corrected chi connectivity index (χ2v) is 9.75. The molecule has 1 saturated heterocycles. The Labute approximate surface area is 174 Å². The number of ether oxygens (including phenoxy) is 1. The van der Waals surface area contributed by atoms with Crippen LogP contribution in [0.5, 0.6) is 0 Å². The van der Waals surface area contributed by atoms with E-state index in [1.165, 1.54) is 20.5 Å². The summed E-state index contributed by atoms with van der Waals surface area (Å²) >= 11 is 1.45. The maximum Gasteiger partial charge on any atom is 0.312 e. The van der Waals surface area contributed by atoms with Crippen molar-refractivity contribution < 1.29 is 22.7 Å². The number of hydrogen-bond acceptors (Lipinski definition) is 7. The number of piperazine rings is 1. The molecule has 1 aliphatic rings. The summed E-state index contributed by atoms with van der Waals surface area (Å²) in [5.74, 6) is -0.893. The number of aromatic nitrogens is 1. The van der Waals surface area contributed by atoms with Gasteiger partial charge in [-0.3, -0.25) is 9.59 Å². The second kappa shape index (κ2) is 9.47. The fourth-order valence-electron chi connectivity index (χ4n) is 3.01. The highest BCUT2D eigenvalue weighted by Crippen LogP contribution is 2.14. The molecular formula is C19H23N3O5S2. The van der Waals surface area contributed by atoms with Gasteiger partial charge in [0.15, 0.2) is 6.61 Å². The van der Waals surface area contributed by atoms with Crippen LogP contribution in [-0.4, -0.2) is 67.3 Å². The monoisotopic (exact) mass is 437 g/mol. The highest BCUT2D eigenvalue weighted by molar-refractivity contribution is 7.88. The molecular weight excluding hydrogens is 414 g/mol. The minimum Gasteiger partial charge on any atom is -0.455 e. The highest BCUT2D eigenvalue weighted by atomic mass is 32.2. The number of benzene rings is 1. The summed E-state index contributed by atoms with van der Waals surface area (Å²) in [7, 11) is -3.44. The first kappa shape index (κ1) is 21.4. The molecule has 0 saturated carbocycles. The van der Waals surface area contributed by atoms with Crippen molar-refractivity contribution in [2.45, 2.75) is 19.1 Å². The maximum atomic E-state index is 12.6. The largest absolute Gasteiger partial charge is 0.455 e. The van der Waals surface area contributed by atoms with Gasteiger partial charge in [0, 0.05) is 31.6 Å². The van der Waals surface area contributed by atoms with Crippen LogP contribution in [0.1, 0.15) is 16.3 Å². The van der Waals surface area contributed by atoms with Gasteiger partial charge in [0.2, 0.25) is 10.0 Å². The molecule has 1 fully saturated rings. The minimum absolute atomic E-state index is 0.0309.